The van der Waals surface area contributed by atoms with Crippen molar-refractivity contribution in [1.29, 1.82) is 0 Å². The second-order valence-corrected chi connectivity index (χ2v) is 7.32. The van der Waals surface area contributed by atoms with Crippen molar-refractivity contribution in [2.45, 2.75) is 19.3 Å². The summed E-state index contributed by atoms with van der Waals surface area (Å²) in [6.07, 6.45) is 1.58. The Morgan fingerprint density at radius 3 is 2.89 bits per heavy atom. The Morgan fingerprint density at radius 1 is 1.14 bits per heavy atom. The van der Waals surface area contributed by atoms with E-state index in [2.05, 4.69) is 10.3 Å². The molecule has 0 saturated heterocycles. The lowest BCUT2D eigenvalue weighted by atomic mass is 10.2. The number of ether oxygens (including phenoxy) is 3. The normalized spacial score (nSPS) is 12.1. The zero-order chi connectivity index (χ0) is 19.3. The molecule has 0 fully saturated rings. The van der Waals surface area contributed by atoms with Crippen molar-refractivity contribution in [1.82, 2.24) is 4.98 Å². The lowest BCUT2D eigenvalue weighted by Gasteiger charge is -2.07. The maximum atomic E-state index is 11.9. The molecule has 0 spiro atoms. The first-order valence-corrected chi connectivity index (χ1v) is 9.68. The summed E-state index contributed by atoms with van der Waals surface area (Å²) < 4.78 is 16.7. The molecule has 3 aromatic rings. The first-order chi connectivity index (χ1) is 13.7. The van der Waals surface area contributed by atoms with Gasteiger partial charge >= 0.3 is 5.97 Å². The fourth-order valence-electron chi connectivity index (χ4n) is 2.80. The number of aromatic nitrogens is 1. The molecule has 0 radical (unpaired) electrons. The summed E-state index contributed by atoms with van der Waals surface area (Å²) in [5, 5.41) is 3.66. The lowest BCUT2D eigenvalue weighted by Crippen LogP contribution is -2.20. The zero-order valence-electron chi connectivity index (χ0n) is 15.0. The van der Waals surface area contributed by atoms with Crippen molar-refractivity contribution < 1.29 is 23.8 Å². The van der Waals surface area contributed by atoms with Gasteiger partial charge in [0.05, 0.1) is 15.2 Å². The second kappa shape index (κ2) is 8.26. The molecule has 28 heavy (non-hydrogen) atoms. The van der Waals surface area contributed by atoms with Crippen LogP contribution in [0.4, 0.5) is 5.69 Å². The third-order valence-electron chi connectivity index (χ3n) is 4.13. The van der Waals surface area contributed by atoms with Crippen molar-refractivity contribution >= 4 is 39.1 Å². The van der Waals surface area contributed by atoms with Crippen LogP contribution in [0.3, 0.4) is 0 Å². The van der Waals surface area contributed by atoms with Gasteiger partial charge in [0.25, 0.3) is 5.91 Å². The molecular weight excluding hydrogens is 380 g/mol. The molecule has 1 N–H and O–H groups in total. The highest BCUT2D eigenvalue weighted by Crippen LogP contribution is 2.34. The predicted molar refractivity (Wildman–Crippen MR) is 105 cm³/mol. The molecule has 1 amide bonds. The van der Waals surface area contributed by atoms with Crippen LogP contribution in [0.5, 0.6) is 11.5 Å². The SMILES string of the molecule is O=C(COC(=O)CCCc1nc2ccccc2s1)Nc1ccc2c(c1)OCO2. The van der Waals surface area contributed by atoms with Crippen molar-refractivity contribution in [2.75, 3.05) is 18.7 Å². The molecule has 2 aromatic carbocycles. The zero-order valence-corrected chi connectivity index (χ0v) is 15.8. The summed E-state index contributed by atoms with van der Waals surface area (Å²) in [7, 11) is 0. The number of hydrogen-bond acceptors (Lipinski definition) is 7. The Balaban J connectivity index is 1.18. The number of anilines is 1. The Hall–Kier alpha value is -3.13. The monoisotopic (exact) mass is 398 g/mol. The lowest BCUT2D eigenvalue weighted by molar-refractivity contribution is -0.147. The summed E-state index contributed by atoms with van der Waals surface area (Å²) in [5.41, 5.74) is 1.53. The fraction of sp³-hybridized carbons (Fsp3) is 0.250. The van der Waals surface area contributed by atoms with Gasteiger partial charge in [-0.3, -0.25) is 9.59 Å². The van der Waals surface area contributed by atoms with Crippen LogP contribution in [0.25, 0.3) is 10.2 Å². The number of hydrogen-bond donors (Lipinski definition) is 1. The molecule has 0 saturated carbocycles. The van der Waals surface area contributed by atoms with Crippen LogP contribution in [0, 0.1) is 0 Å². The summed E-state index contributed by atoms with van der Waals surface area (Å²) in [5.74, 6) is 0.405. The van der Waals surface area contributed by atoms with E-state index in [9.17, 15) is 9.59 Å². The molecule has 1 aliphatic rings. The first-order valence-electron chi connectivity index (χ1n) is 8.87. The quantitative estimate of drug-likeness (QED) is 0.613. The number of para-hydroxylation sites is 1. The molecule has 0 aliphatic carbocycles. The average molecular weight is 398 g/mol. The van der Waals surface area contributed by atoms with Crippen LogP contribution >= 0.6 is 11.3 Å². The maximum Gasteiger partial charge on any atom is 0.306 e. The number of amides is 1. The summed E-state index contributed by atoms with van der Waals surface area (Å²) in [6.45, 7) is -0.157. The van der Waals surface area contributed by atoms with Gasteiger partial charge in [-0.2, -0.15) is 0 Å². The van der Waals surface area contributed by atoms with Crippen molar-refractivity contribution in [3.63, 3.8) is 0 Å². The smallest absolute Gasteiger partial charge is 0.306 e. The van der Waals surface area contributed by atoms with Gasteiger partial charge in [-0.05, 0) is 37.1 Å². The molecule has 144 valence electrons. The van der Waals surface area contributed by atoms with Gasteiger partial charge in [0, 0.05) is 18.2 Å². The third-order valence-corrected chi connectivity index (χ3v) is 5.23. The van der Waals surface area contributed by atoms with Gasteiger partial charge in [-0.25, -0.2) is 4.98 Å². The van der Waals surface area contributed by atoms with Gasteiger partial charge < -0.3 is 19.5 Å². The highest BCUT2D eigenvalue weighted by Gasteiger charge is 2.15. The van der Waals surface area contributed by atoms with Crippen LogP contribution in [-0.2, 0) is 20.7 Å². The first kappa shape index (κ1) is 18.2. The van der Waals surface area contributed by atoms with Crippen LogP contribution in [0.2, 0.25) is 0 Å². The third kappa shape index (κ3) is 4.40. The van der Waals surface area contributed by atoms with Crippen molar-refractivity contribution in [2.24, 2.45) is 0 Å². The minimum absolute atomic E-state index is 0.168. The molecule has 1 aliphatic heterocycles. The fourth-order valence-corrected chi connectivity index (χ4v) is 3.81. The molecule has 0 atom stereocenters. The van der Waals surface area contributed by atoms with Crippen molar-refractivity contribution in [3.8, 4) is 11.5 Å². The Kier molecular flexibility index (Phi) is 5.38. The molecule has 7 nitrogen and oxygen atoms in total. The number of benzene rings is 2. The van der Waals surface area contributed by atoms with Crippen LogP contribution in [-0.4, -0.2) is 30.3 Å². The van der Waals surface area contributed by atoms with E-state index in [-0.39, 0.29) is 19.8 Å². The second-order valence-electron chi connectivity index (χ2n) is 6.21. The number of aryl methyl sites for hydroxylation is 1. The molecule has 4 rings (SSSR count). The highest BCUT2D eigenvalue weighted by atomic mass is 32.1. The van der Waals surface area contributed by atoms with Gasteiger partial charge in [0.2, 0.25) is 6.79 Å². The summed E-state index contributed by atoms with van der Waals surface area (Å²) >= 11 is 1.63. The molecule has 2 heterocycles. The molecular formula is C20H18N2O5S. The van der Waals surface area contributed by atoms with Crippen molar-refractivity contribution in [3.05, 3.63) is 47.5 Å². The highest BCUT2D eigenvalue weighted by molar-refractivity contribution is 7.18. The number of rotatable bonds is 7. The Bertz CT molecular complexity index is 984. The van der Waals surface area contributed by atoms with Crippen LogP contribution in [0.1, 0.15) is 17.8 Å². The Labute approximate surface area is 165 Å². The topological polar surface area (TPSA) is 86.8 Å². The van der Waals surface area contributed by atoms with E-state index in [1.54, 1.807) is 29.5 Å². The van der Waals surface area contributed by atoms with E-state index in [1.165, 1.54) is 0 Å². The van der Waals surface area contributed by atoms with Crippen LogP contribution < -0.4 is 14.8 Å². The largest absolute Gasteiger partial charge is 0.456 e. The number of nitrogens with one attached hydrogen (secondary N) is 1. The van der Waals surface area contributed by atoms with Gasteiger partial charge in [0.15, 0.2) is 18.1 Å². The summed E-state index contributed by atoms with van der Waals surface area (Å²) in [4.78, 5) is 28.3. The predicted octanol–water partition coefficient (Wildman–Crippen LogP) is 3.53. The van der Waals surface area contributed by atoms with E-state index < -0.39 is 11.9 Å². The molecule has 8 heteroatoms. The number of carbonyl (C=O) groups excluding carboxylic acids is 2. The molecule has 0 bridgehead atoms. The maximum absolute atomic E-state index is 11.9. The number of nitrogens with zero attached hydrogens (tertiary/aromatic N) is 1. The Morgan fingerprint density at radius 2 is 2.00 bits per heavy atom. The minimum Gasteiger partial charge on any atom is -0.456 e. The van der Waals surface area contributed by atoms with Crippen LogP contribution in [0.15, 0.2) is 42.5 Å². The number of thiazole rings is 1. The van der Waals surface area contributed by atoms with E-state index >= 15 is 0 Å². The minimum atomic E-state index is -0.404. The average Bonchev–Trinajstić information content (AvgIpc) is 3.32. The number of esters is 1. The van der Waals surface area contributed by atoms with Gasteiger partial charge in [-0.1, -0.05) is 12.1 Å². The van der Waals surface area contributed by atoms with E-state index in [1.807, 2.05) is 24.3 Å². The van der Waals surface area contributed by atoms with E-state index in [4.69, 9.17) is 14.2 Å². The van der Waals surface area contributed by atoms with E-state index in [0.29, 0.717) is 30.0 Å². The number of carbonyl (C=O) groups is 2. The van der Waals surface area contributed by atoms with Gasteiger partial charge in [0.1, 0.15) is 0 Å². The standard InChI is InChI=1S/C20H18N2O5S/c23-18(21-13-8-9-15-16(10-13)27-12-26-15)11-25-20(24)7-3-6-19-22-14-4-1-2-5-17(14)28-19/h1-2,4-5,8-10H,3,6-7,11-12H2,(H,21,23). The van der Waals surface area contributed by atoms with Gasteiger partial charge in [-0.15, -0.1) is 11.3 Å². The molecule has 1 aromatic heterocycles. The van der Waals surface area contributed by atoms with E-state index in [0.717, 1.165) is 15.2 Å². The summed E-state index contributed by atoms with van der Waals surface area (Å²) in [6, 6.07) is 13.0. The number of fused-ring (bicyclic) bond motifs is 2. The molecule has 0 unspecified atom stereocenters.